The Kier molecular flexibility index (Phi) is 4.02. The maximum Gasteiger partial charge on any atom is 0.354 e. The molecule has 1 heterocycles. The summed E-state index contributed by atoms with van der Waals surface area (Å²) >= 11 is 0. The molecule has 0 saturated heterocycles. The van der Waals surface area contributed by atoms with Crippen LogP contribution in [0.15, 0.2) is 23.1 Å². The number of esters is 1. The number of carbonyl (C=O) groups is 1. The van der Waals surface area contributed by atoms with E-state index in [4.69, 9.17) is 10.2 Å². The Labute approximate surface area is 85.1 Å². The molecule has 3 N–H and O–H groups in total. The lowest BCUT2D eigenvalue weighted by Crippen LogP contribution is -2.22. The Morgan fingerprint density at radius 1 is 1.60 bits per heavy atom. The van der Waals surface area contributed by atoms with Gasteiger partial charge in [0.05, 0.1) is 6.61 Å². The van der Waals surface area contributed by atoms with Crippen LogP contribution < -0.4 is 5.43 Å². The molecule has 0 radical (unpaired) electrons. The third kappa shape index (κ3) is 3.53. The number of aliphatic hydroxyl groups excluding tert-OH is 2. The monoisotopic (exact) mass is 213 g/mol. The van der Waals surface area contributed by atoms with Crippen LogP contribution in [0.1, 0.15) is 10.5 Å². The SMILES string of the molecule is O=C(OCC(O)CO)c1cc(=O)cc[nH]1. The number of nitrogens with one attached hydrogen (secondary N) is 1. The van der Waals surface area contributed by atoms with Crippen molar-refractivity contribution in [1.29, 1.82) is 0 Å². The highest BCUT2D eigenvalue weighted by Gasteiger charge is 2.10. The van der Waals surface area contributed by atoms with Gasteiger partial charge in [-0.3, -0.25) is 4.79 Å². The zero-order valence-electron chi connectivity index (χ0n) is 7.84. The average molecular weight is 213 g/mol. The topological polar surface area (TPSA) is 99.6 Å². The number of aromatic nitrogens is 1. The van der Waals surface area contributed by atoms with Gasteiger partial charge in [0.2, 0.25) is 0 Å². The van der Waals surface area contributed by atoms with E-state index in [2.05, 4.69) is 9.72 Å². The van der Waals surface area contributed by atoms with Crippen LogP contribution in [0, 0.1) is 0 Å². The lowest BCUT2D eigenvalue weighted by molar-refractivity contribution is 0.00888. The van der Waals surface area contributed by atoms with E-state index in [1.165, 1.54) is 12.3 Å². The molecule has 0 bridgehead atoms. The van der Waals surface area contributed by atoms with E-state index >= 15 is 0 Å². The number of aliphatic hydroxyl groups is 2. The lowest BCUT2D eigenvalue weighted by Gasteiger charge is -2.07. The molecule has 1 unspecified atom stereocenters. The van der Waals surface area contributed by atoms with Crippen molar-refractivity contribution in [2.24, 2.45) is 0 Å². The predicted octanol–water partition coefficient (Wildman–Crippen LogP) is -1.12. The van der Waals surface area contributed by atoms with E-state index < -0.39 is 18.7 Å². The second-order valence-corrected chi connectivity index (χ2v) is 2.87. The number of H-pyrrole nitrogens is 1. The lowest BCUT2D eigenvalue weighted by atomic mass is 10.3. The molecule has 0 aliphatic rings. The van der Waals surface area contributed by atoms with Crippen LogP contribution in [0.4, 0.5) is 0 Å². The smallest absolute Gasteiger partial charge is 0.354 e. The number of ether oxygens (including phenoxy) is 1. The van der Waals surface area contributed by atoms with Crippen molar-refractivity contribution in [2.75, 3.05) is 13.2 Å². The van der Waals surface area contributed by atoms with Crippen LogP contribution in [0.2, 0.25) is 0 Å². The average Bonchev–Trinajstić information content (AvgIpc) is 2.25. The maximum absolute atomic E-state index is 11.2. The summed E-state index contributed by atoms with van der Waals surface area (Å²) in [5.41, 5.74) is -0.309. The Morgan fingerprint density at radius 2 is 2.33 bits per heavy atom. The first-order valence-electron chi connectivity index (χ1n) is 4.28. The minimum atomic E-state index is -1.11. The molecule has 15 heavy (non-hydrogen) atoms. The number of rotatable bonds is 4. The van der Waals surface area contributed by atoms with Gasteiger partial charge in [-0.1, -0.05) is 0 Å². The van der Waals surface area contributed by atoms with Gasteiger partial charge in [0.1, 0.15) is 18.4 Å². The summed E-state index contributed by atoms with van der Waals surface area (Å²) in [5.74, 6) is -0.750. The first-order chi connectivity index (χ1) is 7.13. The number of hydrogen-bond acceptors (Lipinski definition) is 5. The Hall–Kier alpha value is -1.66. The summed E-state index contributed by atoms with van der Waals surface area (Å²) in [6.45, 7) is -0.801. The number of aromatic amines is 1. The molecule has 1 aromatic rings. The molecule has 0 aliphatic heterocycles. The Bertz CT molecular complexity index is 386. The summed E-state index contributed by atoms with van der Waals surface area (Å²) < 4.78 is 4.62. The fraction of sp³-hybridized carbons (Fsp3) is 0.333. The van der Waals surface area contributed by atoms with Crippen LogP contribution in [-0.2, 0) is 4.74 Å². The molecule has 1 aromatic heterocycles. The Morgan fingerprint density at radius 3 is 2.93 bits per heavy atom. The highest BCUT2D eigenvalue weighted by Crippen LogP contribution is 1.94. The molecule has 1 atom stereocenters. The third-order valence-corrected chi connectivity index (χ3v) is 1.61. The summed E-state index contributed by atoms with van der Waals surface area (Å²) in [7, 11) is 0. The van der Waals surface area contributed by atoms with Crippen molar-refractivity contribution in [1.82, 2.24) is 4.98 Å². The van der Waals surface area contributed by atoms with Crippen molar-refractivity contribution >= 4 is 5.97 Å². The number of carbonyl (C=O) groups excluding carboxylic acids is 1. The number of pyridine rings is 1. The van der Waals surface area contributed by atoms with Crippen LogP contribution >= 0.6 is 0 Å². The first-order valence-corrected chi connectivity index (χ1v) is 4.28. The molecule has 6 heteroatoms. The molecular formula is C9H11NO5. The standard InChI is InChI=1S/C9H11NO5/c11-4-7(13)5-15-9(14)8-3-6(12)1-2-10-8/h1-3,7,11,13H,4-5H2,(H,10,12). The highest BCUT2D eigenvalue weighted by molar-refractivity contribution is 5.87. The minimum Gasteiger partial charge on any atom is -0.458 e. The highest BCUT2D eigenvalue weighted by atomic mass is 16.5. The van der Waals surface area contributed by atoms with Gasteiger partial charge < -0.3 is 19.9 Å². The van der Waals surface area contributed by atoms with E-state index in [0.717, 1.165) is 6.07 Å². The molecule has 0 spiro atoms. The Balaban J connectivity index is 2.58. The first kappa shape index (κ1) is 11.4. The van der Waals surface area contributed by atoms with Gasteiger partial charge in [0, 0.05) is 18.3 Å². The van der Waals surface area contributed by atoms with Crippen molar-refractivity contribution < 1.29 is 19.7 Å². The van der Waals surface area contributed by atoms with E-state index in [-0.39, 0.29) is 17.7 Å². The third-order valence-electron chi connectivity index (χ3n) is 1.61. The summed E-state index contributed by atoms with van der Waals surface area (Å²) in [6, 6.07) is 2.35. The van der Waals surface area contributed by atoms with Crippen molar-refractivity contribution in [3.8, 4) is 0 Å². The normalized spacial score (nSPS) is 12.1. The summed E-state index contributed by atoms with van der Waals surface area (Å²) in [4.78, 5) is 24.6. The van der Waals surface area contributed by atoms with Crippen molar-refractivity contribution in [3.63, 3.8) is 0 Å². The van der Waals surface area contributed by atoms with Gasteiger partial charge in [-0.15, -0.1) is 0 Å². The van der Waals surface area contributed by atoms with Gasteiger partial charge in [-0.2, -0.15) is 0 Å². The van der Waals surface area contributed by atoms with Crippen LogP contribution in [0.25, 0.3) is 0 Å². The van der Waals surface area contributed by atoms with Crippen molar-refractivity contribution in [3.05, 3.63) is 34.2 Å². The zero-order valence-corrected chi connectivity index (χ0v) is 7.84. The van der Waals surface area contributed by atoms with Crippen LogP contribution in [0.5, 0.6) is 0 Å². The second kappa shape index (κ2) is 5.28. The summed E-state index contributed by atoms with van der Waals surface area (Å²) in [5, 5.41) is 17.4. The second-order valence-electron chi connectivity index (χ2n) is 2.87. The molecular weight excluding hydrogens is 202 g/mol. The molecule has 6 nitrogen and oxygen atoms in total. The van der Waals surface area contributed by atoms with Gasteiger partial charge >= 0.3 is 5.97 Å². The van der Waals surface area contributed by atoms with Crippen LogP contribution in [0.3, 0.4) is 0 Å². The van der Waals surface area contributed by atoms with E-state index in [0.29, 0.717) is 0 Å². The molecule has 82 valence electrons. The van der Waals surface area contributed by atoms with Gasteiger partial charge in [-0.25, -0.2) is 4.79 Å². The zero-order chi connectivity index (χ0) is 11.3. The van der Waals surface area contributed by atoms with Gasteiger partial charge in [-0.05, 0) is 0 Å². The van der Waals surface area contributed by atoms with Gasteiger partial charge in [0.25, 0.3) is 0 Å². The maximum atomic E-state index is 11.2. The van der Waals surface area contributed by atoms with Crippen LogP contribution in [-0.4, -0.2) is 40.5 Å². The molecule has 0 aromatic carbocycles. The fourth-order valence-corrected chi connectivity index (χ4v) is 0.866. The van der Waals surface area contributed by atoms with E-state index in [1.807, 2.05) is 0 Å². The summed E-state index contributed by atoms with van der Waals surface area (Å²) in [6.07, 6.45) is 0.214. The van der Waals surface area contributed by atoms with Gasteiger partial charge in [0.15, 0.2) is 5.43 Å². The number of hydrogen-bond donors (Lipinski definition) is 3. The molecule has 0 aliphatic carbocycles. The fourth-order valence-electron chi connectivity index (χ4n) is 0.866. The quantitative estimate of drug-likeness (QED) is 0.550. The molecule has 0 saturated carbocycles. The van der Waals surface area contributed by atoms with E-state index in [9.17, 15) is 9.59 Å². The predicted molar refractivity (Wildman–Crippen MR) is 50.4 cm³/mol. The molecule has 0 fully saturated rings. The largest absolute Gasteiger partial charge is 0.458 e. The minimum absolute atomic E-state index is 0.00707. The molecule has 0 amide bonds. The van der Waals surface area contributed by atoms with Crippen molar-refractivity contribution in [2.45, 2.75) is 6.10 Å². The molecule has 1 rings (SSSR count). The van der Waals surface area contributed by atoms with E-state index in [1.54, 1.807) is 0 Å².